The molecule has 0 N–H and O–H groups in total. The minimum atomic E-state index is -0.0587. The van der Waals surface area contributed by atoms with E-state index >= 15 is 0 Å². The highest BCUT2D eigenvalue weighted by molar-refractivity contribution is 5.98. The summed E-state index contributed by atoms with van der Waals surface area (Å²) >= 11 is 0. The zero-order valence-corrected chi connectivity index (χ0v) is 22.9. The summed E-state index contributed by atoms with van der Waals surface area (Å²) in [4.78, 5) is 2.35. The molecule has 2 heteroatoms. The summed E-state index contributed by atoms with van der Waals surface area (Å²) in [5.41, 5.74) is 8.26. The monoisotopic (exact) mass is 485 g/mol. The van der Waals surface area contributed by atoms with Crippen LogP contribution in [0.5, 0.6) is 0 Å². The van der Waals surface area contributed by atoms with E-state index in [0.29, 0.717) is 12.0 Å². The molecule has 1 aliphatic carbocycles. The van der Waals surface area contributed by atoms with E-state index in [1.165, 1.54) is 44.6 Å². The van der Waals surface area contributed by atoms with E-state index < -0.39 is 0 Å². The number of rotatable bonds is 3. The van der Waals surface area contributed by atoms with Crippen molar-refractivity contribution in [2.45, 2.75) is 45.1 Å². The first-order chi connectivity index (χ1) is 17.7. The molecule has 0 bridgehead atoms. The van der Waals surface area contributed by atoms with E-state index in [-0.39, 0.29) is 10.8 Å². The van der Waals surface area contributed by atoms with Crippen molar-refractivity contribution in [3.05, 3.63) is 120 Å². The Kier molecular flexibility index (Phi) is 5.42. The summed E-state index contributed by atoms with van der Waals surface area (Å²) < 4.78 is 2.47. The van der Waals surface area contributed by atoms with Gasteiger partial charge in [0, 0.05) is 29.9 Å². The van der Waals surface area contributed by atoms with Crippen molar-refractivity contribution < 1.29 is 4.58 Å². The minimum absolute atomic E-state index is 0.0550. The predicted octanol–water partition coefficient (Wildman–Crippen LogP) is 7.87. The molecule has 0 saturated heterocycles. The first-order valence-corrected chi connectivity index (χ1v) is 13.4. The van der Waals surface area contributed by atoms with Gasteiger partial charge in [0.1, 0.15) is 7.05 Å². The SMILES string of the molecule is CN1C(=CC=CC=CC2=[N+](C)C3C=Cc4ccccc4C3C2(C)C)C(C)(C)c2c1ccc1ccccc21. The highest BCUT2D eigenvalue weighted by atomic mass is 15.2. The second kappa shape index (κ2) is 8.45. The summed E-state index contributed by atoms with van der Waals surface area (Å²) in [6, 6.07) is 22.5. The highest BCUT2D eigenvalue weighted by Crippen LogP contribution is 2.50. The molecule has 0 spiro atoms. The molecule has 0 amide bonds. The Balaban J connectivity index is 1.27. The van der Waals surface area contributed by atoms with Crippen LogP contribution in [0.1, 0.15) is 50.3 Å². The van der Waals surface area contributed by atoms with Gasteiger partial charge in [0.05, 0.1) is 11.3 Å². The van der Waals surface area contributed by atoms with Crippen molar-refractivity contribution in [2.24, 2.45) is 5.41 Å². The summed E-state index contributed by atoms with van der Waals surface area (Å²) in [5.74, 6) is 0.464. The Hall–Kier alpha value is -3.65. The third-order valence-corrected chi connectivity index (χ3v) is 9.04. The molecule has 0 fully saturated rings. The first kappa shape index (κ1) is 23.7. The second-order valence-electron chi connectivity index (χ2n) is 11.8. The van der Waals surface area contributed by atoms with Crippen LogP contribution in [0.25, 0.3) is 16.8 Å². The van der Waals surface area contributed by atoms with E-state index in [0.717, 1.165) is 0 Å². The zero-order valence-electron chi connectivity index (χ0n) is 22.9. The van der Waals surface area contributed by atoms with Crippen LogP contribution < -0.4 is 4.90 Å². The quantitative estimate of drug-likeness (QED) is 0.270. The van der Waals surface area contributed by atoms with Crippen LogP contribution in [0.4, 0.5) is 5.69 Å². The van der Waals surface area contributed by atoms with Gasteiger partial charge in [-0.05, 0) is 59.5 Å². The summed E-state index contributed by atoms with van der Waals surface area (Å²) in [6.45, 7) is 9.48. The molecule has 186 valence electrons. The van der Waals surface area contributed by atoms with Gasteiger partial charge in [-0.2, -0.15) is 0 Å². The van der Waals surface area contributed by atoms with Crippen molar-refractivity contribution in [2.75, 3.05) is 19.0 Å². The second-order valence-corrected chi connectivity index (χ2v) is 11.8. The van der Waals surface area contributed by atoms with Crippen molar-refractivity contribution in [1.29, 1.82) is 0 Å². The Labute approximate surface area is 221 Å². The normalized spacial score (nSPS) is 24.5. The Morgan fingerprint density at radius 3 is 2.46 bits per heavy atom. The lowest BCUT2D eigenvalue weighted by Crippen LogP contribution is -2.31. The summed E-state index contributed by atoms with van der Waals surface area (Å²) in [6.07, 6.45) is 15.9. The molecule has 3 aliphatic rings. The lowest BCUT2D eigenvalue weighted by molar-refractivity contribution is -0.518. The van der Waals surface area contributed by atoms with Crippen LogP contribution in [0.2, 0.25) is 0 Å². The molecular weight excluding hydrogens is 448 g/mol. The number of likely N-dealkylation sites (N-methyl/N-ethyl adjacent to an activating group) is 2. The van der Waals surface area contributed by atoms with Crippen LogP contribution in [0.15, 0.2) is 103 Å². The molecule has 0 aromatic heterocycles. The molecule has 6 rings (SSSR count). The molecule has 37 heavy (non-hydrogen) atoms. The van der Waals surface area contributed by atoms with E-state index in [1.807, 2.05) is 0 Å². The van der Waals surface area contributed by atoms with E-state index in [1.54, 1.807) is 0 Å². The zero-order chi connectivity index (χ0) is 25.9. The number of allylic oxidation sites excluding steroid dienone is 6. The van der Waals surface area contributed by atoms with Crippen molar-refractivity contribution in [3.8, 4) is 0 Å². The third-order valence-electron chi connectivity index (χ3n) is 9.04. The van der Waals surface area contributed by atoms with Gasteiger partial charge < -0.3 is 4.90 Å². The molecule has 2 aliphatic heterocycles. The van der Waals surface area contributed by atoms with Crippen LogP contribution >= 0.6 is 0 Å². The molecule has 2 atom stereocenters. The summed E-state index contributed by atoms with van der Waals surface area (Å²) in [7, 11) is 4.43. The van der Waals surface area contributed by atoms with Gasteiger partial charge in [-0.1, -0.05) is 92.7 Å². The van der Waals surface area contributed by atoms with E-state index in [2.05, 4.69) is 154 Å². The minimum Gasteiger partial charge on any atom is -0.347 e. The molecule has 2 unspecified atom stereocenters. The lowest BCUT2D eigenvalue weighted by Gasteiger charge is -2.29. The fourth-order valence-corrected chi connectivity index (χ4v) is 7.27. The number of nitrogens with zero attached hydrogens (tertiary/aromatic N) is 2. The highest BCUT2D eigenvalue weighted by Gasteiger charge is 2.53. The molecule has 2 heterocycles. The van der Waals surface area contributed by atoms with E-state index in [9.17, 15) is 0 Å². The van der Waals surface area contributed by atoms with Gasteiger partial charge in [0.15, 0.2) is 11.8 Å². The predicted molar refractivity (Wildman–Crippen MR) is 159 cm³/mol. The van der Waals surface area contributed by atoms with Crippen molar-refractivity contribution in [1.82, 2.24) is 0 Å². The van der Waals surface area contributed by atoms with Gasteiger partial charge in [-0.3, -0.25) is 0 Å². The number of anilines is 1. The molecular formula is C35H37N2+. The van der Waals surface area contributed by atoms with Gasteiger partial charge in [-0.15, -0.1) is 0 Å². The van der Waals surface area contributed by atoms with Crippen LogP contribution in [0, 0.1) is 5.41 Å². The fraction of sp³-hybridized carbons (Fsp3) is 0.286. The van der Waals surface area contributed by atoms with Crippen molar-refractivity contribution >= 4 is 28.2 Å². The van der Waals surface area contributed by atoms with Crippen LogP contribution in [-0.4, -0.2) is 30.4 Å². The average Bonchev–Trinajstić information content (AvgIpc) is 3.21. The summed E-state index contributed by atoms with van der Waals surface area (Å²) in [5, 5.41) is 2.66. The Morgan fingerprint density at radius 2 is 1.62 bits per heavy atom. The number of fused-ring (bicyclic) bond motifs is 6. The van der Waals surface area contributed by atoms with Gasteiger partial charge in [-0.25, -0.2) is 4.58 Å². The van der Waals surface area contributed by atoms with Crippen LogP contribution in [0.3, 0.4) is 0 Å². The maximum Gasteiger partial charge on any atom is 0.182 e. The standard InChI is InChI=1S/C35H37N2/c1-34(2)30(36(5)28-22-20-24-14-10-12-16-26(24)32(28)34)18-8-7-9-19-31-35(3,4)33-27-17-13-11-15-25(27)21-23-29(33)37(31)6/h7-23,28,32H,1-6H3/q+1. The van der Waals surface area contributed by atoms with Crippen LogP contribution in [-0.2, 0) is 5.41 Å². The molecule has 0 saturated carbocycles. The van der Waals surface area contributed by atoms with Gasteiger partial charge in [0.2, 0.25) is 0 Å². The number of hydrogen-bond donors (Lipinski definition) is 0. The molecule has 2 nitrogen and oxygen atoms in total. The Morgan fingerprint density at radius 1 is 0.865 bits per heavy atom. The first-order valence-electron chi connectivity index (χ1n) is 13.4. The van der Waals surface area contributed by atoms with Gasteiger partial charge in [0.25, 0.3) is 0 Å². The lowest BCUT2D eigenvalue weighted by atomic mass is 9.68. The maximum atomic E-state index is 2.47. The largest absolute Gasteiger partial charge is 0.347 e. The van der Waals surface area contributed by atoms with E-state index in [4.69, 9.17) is 0 Å². The van der Waals surface area contributed by atoms with Crippen molar-refractivity contribution in [3.63, 3.8) is 0 Å². The third kappa shape index (κ3) is 3.49. The fourth-order valence-electron chi connectivity index (χ4n) is 7.27. The maximum absolute atomic E-state index is 2.47. The van der Waals surface area contributed by atoms with Gasteiger partial charge >= 0.3 is 0 Å². The number of benzene rings is 3. The number of hydrogen-bond acceptors (Lipinski definition) is 1. The molecule has 0 radical (unpaired) electrons. The molecule has 3 aromatic rings. The topological polar surface area (TPSA) is 6.25 Å². The molecule has 3 aromatic carbocycles. The average molecular weight is 486 g/mol. The smallest absolute Gasteiger partial charge is 0.182 e. The Bertz CT molecular complexity index is 1560.